The molecule has 2 fully saturated rings. The van der Waals surface area contributed by atoms with Crippen LogP contribution in [0.15, 0.2) is 53.0 Å². The van der Waals surface area contributed by atoms with Gasteiger partial charge in [-0.3, -0.25) is 9.59 Å². The van der Waals surface area contributed by atoms with Crippen molar-refractivity contribution < 1.29 is 9.59 Å². The van der Waals surface area contributed by atoms with E-state index in [1.807, 2.05) is 62.9 Å². The molecule has 1 aromatic heterocycles. The van der Waals surface area contributed by atoms with Crippen molar-refractivity contribution in [2.75, 3.05) is 18.0 Å². The Balaban J connectivity index is 1.47. The van der Waals surface area contributed by atoms with Crippen LogP contribution in [-0.2, 0) is 16.1 Å². The maximum Gasteiger partial charge on any atom is 0.242 e. The summed E-state index contributed by atoms with van der Waals surface area (Å²) in [6, 6.07) is 16.0. The van der Waals surface area contributed by atoms with E-state index in [9.17, 15) is 9.59 Å². The number of halogens is 1. The van der Waals surface area contributed by atoms with Gasteiger partial charge in [-0.2, -0.15) is 0 Å². The van der Waals surface area contributed by atoms with Crippen LogP contribution in [0.3, 0.4) is 0 Å². The Morgan fingerprint density at radius 3 is 2.72 bits per heavy atom. The molecule has 32 heavy (non-hydrogen) atoms. The number of nitrogens with zero attached hydrogens (tertiary/aromatic N) is 4. The molecular weight excluding hydrogens is 468 g/mol. The summed E-state index contributed by atoms with van der Waals surface area (Å²) in [6.45, 7) is 3.77. The minimum atomic E-state index is -0.0615. The number of hydrogen-bond donors (Lipinski definition) is 0. The number of rotatable bonds is 4. The van der Waals surface area contributed by atoms with Crippen molar-refractivity contribution >= 4 is 44.5 Å². The van der Waals surface area contributed by atoms with Crippen LogP contribution in [0.4, 0.5) is 5.69 Å². The molecule has 5 rings (SSSR count). The number of piperidine rings is 1. The first-order valence-electron chi connectivity index (χ1n) is 11.3. The molecule has 0 N–H and O–H groups in total. The summed E-state index contributed by atoms with van der Waals surface area (Å²) >= 11 is 3.57. The molecule has 166 valence electrons. The van der Waals surface area contributed by atoms with Crippen molar-refractivity contribution in [2.24, 2.45) is 0 Å². The van der Waals surface area contributed by atoms with Gasteiger partial charge in [-0.05, 0) is 66.4 Å². The van der Waals surface area contributed by atoms with Gasteiger partial charge < -0.3 is 14.4 Å². The molecule has 0 saturated carbocycles. The van der Waals surface area contributed by atoms with Crippen molar-refractivity contribution in [1.82, 2.24) is 14.5 Å². The van der Waals surface area contributed by atoms with Crippen molar-refractivity contribution in [3.05, 3.63) is 58.8 Å². The van der Waals surface area contributed by atoms with Crippen molar-refractivity contribution in [2.45, 2.75) is 51.1 Å². The van der Waals surface area contributed by atoms with Crippen LogP contribution in [0, 0.1) is 0 Å². The standard InChI is InChI=1S/C25H27BrN4O2/c1-17-8-6-7-13-28(17)24(32)16-30-22-12-5-3-10-20(22)27-25(30)18-14-23(31)29(15-18)21-11-4-2-9-19(21)26/h2-5,9-12,17-18H,6-8,13-16H2,1H3. The summed E-state index contributed by atoms with van der Waals surface area (Å²) in [5, 5.41) is 0. The van der Waals surface area contributed by atoms with Gasteiger partial charge in [0.05, 0.1) is 16.7 Å². The minimum absolute atomic E-state index is 0.0615. The molecule has 0 aliphatic carbocycles. The third-order valence-corrected chi connectivity index (χ3v) is 7.40. The van der Waals surface area contributed by atoms with Gasteiger partial charge in [0.15, 0.2) is 0 Å². The lowest BCUT2D eigenvalue weighted by molar-refractivity contribution is -0.135. The summed E-state index contributed by atoms with van der Waals surface area (Å²) in [4.78, 5) is 35.0. The fourth-order valence-electron chi connectivity index (χ4n) is 5.05. The number of likely N-dealkylation sites (tertiary alicyclic amines) is 1. The monoisotopic (exact) mass is 494 g/mol. The average Bonchev–Trinajstić information content (AvgIpc) is 3.35. The second kappa shape index (κ2) is 8.70. The van der Waals surface area contributed by atoms with Gasteiger partial charge in [-0.1, -0.05) is 24.3 Å². The largest absolute Gasteiger partial charge is 0.338 e. The quantitative estimate of drug-likeness (QED) is 0.527. The van der Waals surface area contributed by atoms with Gasteiger partial charge in [-0.25, -0.2) is 4.98 Å². The Labute approximate surface area is 196 Å². The molecule has 6 nitrogen and oxygen atoms in total. The number of amides is 2. The number of anilines is 1. The van der Waals surface area contributed by atoms with Gasteiger partial charge in [0.25, 0.3) is 0 Å². The first kappa shape index (κ1) is 21.2. The van der Waals surface area contributed by atoms with Crippen LogP contribution in [-0.4, -0.2) is 45.4 Å². The molecule has 2 unspecified atom stereocenters. The van der Waals surface area contributed by atoms with E-state index in [1.54, 1.807) is 0 Å². The lowest BCUT2D eigenvalue weighted by Gasteiger charge is -2.33. The molecule has 2 aliphatic heterocycles. The average molecular weight is 495 g/mol. The molecule has 0 bridgehead atoms. The molecule has 2 amide bonds. The Morgan fingerprint density at radius 1 is 1.12 bits per heavy atom. The smallest absolute Gasteiger partial charge is 0.242 e. The second-order valence-electron chi connectivity index (χ2n) is 8.83. The zero-order valence-electron chi connectivity index (χ0n) is 18.2. The topological polar surface area (TPSA) is 58.4 Å². The van der Waals surface area contributed by atoms with Crippen molar-refractivity contribution in [3.8, 4) is 0 Å². The molecule has 3 aromatic rings. The molecule has 2 aliphatic rings. The number of hydrogen-bond acceptors (Lipinski definition) is 3. The maximum atomic E-state index is 13.3. The summed E-state index contributed by atoms with van der Waals surface area (Å²) in [7, 11) is 0. The van der Waals surface area contributed by atoms with Gasteiger partial charge in [0, 0.05) is 35.9 Å². The van der Waals surface area contributed by atoms with E-state index in [0.29, 0.717) is 13.0 Å². The highest BCUT2D eigenvalue weighted by atomic mass is 79.9. The van der Waals surface area contributed by atoms with E-state index in [1.165, 1.54) is 6.42 Å². The molecule has 0 spiro atoms. The van der Waals surface area contributed by atoms with Crippen LogP contribution in [0.2, 0.25) is 0 Å². The number of carbonyl (C=O) groups excluding carboxylic acids is 2. The van der Waals surface area contributed by atoms with E-state index in [4.69, 9.17) is 4.98 Å². The van der Waals surface area contributed by atoms with Crippen molar-refractivity contribution in [1.29, 1.82) is 0 Å². The molecule has 7 heteroatoms. The molecule has 2 aromatic carbocycles. The van der Waals surface area contributed by atoms with Gasteiger partial charge in [-0.15, -0.1) is 0 Å². The van der Waals surface area contributed by atoms with E-state index in [0.717, 1.165) is 46.4 Å². The molecule has 3 heterocycles. The van der Waals surface area contributed by atoms with Crippen LogP contribution >= 0.6 is 15.9 Å². The Hall–Kier alpha value is -2.67. The van der Waals surface area contributed by atoms with Crippen molar-refractivity contribution in [3.63, 3.8) is 0 Å². The van der Waals surface area contributed by atoms with Crippen LogP contribution in [0.1, 0.15) is 44.3 Å². The van der Waals surface area contributed by atoms with Crippen LogP contribution < -0.4 is 4.90 Å². The fraction of sp³-hybridized carbons (Fsp3) is 0.400. The Kier molecular flexibility index (Phi) is 5.76. The van der Waals surface area contributed by atoms with Gasteiger partial charge in [0.2, 0.25) is 11.8 Å². The number of para-hydroxylation sites is 3. The van der Waals surface area contributed by atoms with Crippen LogP contribution in [0.25, 0.3) is 11.0 Å². The van der Waals surface area contributed by atoms with E-state index >= 15 is 0 Å². The molecule has 2 atom stereocenters. The fourth-order valence-corrected chi connectivity index (χ4v) is 5.55. The number of imidazole rings is 1. The van der Waals surface area contributed by atoms with Gasteiger partial charge in [0.1, 0.15) is 12.4 Å². The predicted molar refractivity (Wildman–Crippen MR) is 129 cm³/mol. The zero-order valence-corrected chi connectivity index (χ0v) is 19.8. The lowest BCUT2D eigenvalue weighted by Crippen LogP contribution is -2.43. The van der Waals surface area contributed by atoms with E-state index < -0.39 is 0 Å². The third kappa shape index (κ3) is 3.83. The minimum Gasteiger partial charge on any atom is -0.338 e. The second-order valence-corrected chi connectivity index (χ2v) is 9.69. The lowest BCUT2D eigenvalue weighted by atomic mass is 10.0. The maximum absolute atomic E-state index is 13.3. The van der Waals surface area contributed by atoms with E-state index in [-0.39, 0.29) is 30.3 Å². The summed E-state index contributed by atoms with van der Waals surface area (Å²) in [5.41, 5.74) is 2.70. The normalized spacial score (nSPS) is 21.5. The van der Waals surface area contributed by atoms with E-state index in [2.05, 4.69) is 22.9 Å². The highest BCUT2D eigenvalue weighted by Crippen LogP contribution is 2.36. The predicted octanol–water partition coefficient (Wildman–Crippen LogP) is 4.72. The number of fused-ring (bicyclic) bond motifs is 1. The highest BCUT2D eigenvalue weighted by Gasteiger charge is 2.36. The highest BCUT2D eigenvalue weighted by molar-refractivity contribution is 9.10. The first-order valence-corrected chi connectivity index (χ1v) is 12.1. The first-order chi connectivity index (χ1) is 15.5. The molecule has 2 saturated heterocycles. The third-order valence-electron chi connectivity index (χ3n) is 6.73. The summed E-state index contributed by atoms with van der Waals surface area (Å²) in [6.07, 6.45) is 3.69. The number of benzene rings is 2. The Morgan fingerprint density at radius 2 is 1.91 bits per heavy atom. The molecule has 0 radical (unpaired) electrons. The van der Waals surface area contributed by atoms with Gasteiger partial charge >= 0.3 is 0 Å². The SMILES string of the molecule is CC1CCCCN1C(=O)Cn1c(C2CC(=O)N(c3ccccc3Br)C2)nc2ccccc21. The molecular formula is C25H27BrN4O2. The summed E-state index contributed by atoms with van der Waals surface area (Å²) in [5.74, 6) is 0.978. The number of carbonyl (C=O) groups is 2. The summed E-state index contributed by atoms with van der Waals surface area (Å²) < 4.78 is 2.94. The number of aromatic nitrogens is 2. The Bertz CT molecular complexity index is 1170. The zero-order chi connectivity index (χ0) is 22.2. The van der Waals surface area contributed by atoms with Crippen LogP contribution in [0.5, 0.6) is 0 Å².